The molecule has 1 aromatic carbocycles. The van der Waals surface area contributed by atoms with Gasteiger partial charge in [-0.15, -0.1) is 0 Å². The van der Waals surface area contributed by atoms with Gasteiger partial charge < -0.3 is 15.0 Å². The summed E-state index contributed by atoms with van der Waals surface area (Å²) in [5, 5.41) is 19.1. The molecule has 138 valence electrons. The number of hydrogen-bond acceptors (Lipinski definition) is 3. The lowest BCUT2D eigenvalue weighted by atomic mass is 10.00. The van der Waals surface area contributed by atoms with E-state index in [2.05, 4.69) is 15.0 Å². The van der Waals surface area contributed by atoms with Gasteiger partial charge in [0.1, 0.15) is 5.60 Å². The molecule has 7 heteroatoms. The minimum absolute atomic E-state index is 0.0753. The molecule has 0 aliphatic carbocycles. The fraction of sp³-hybridized carbons (Fsp3) is 0.368. The summed E-state index contributed by atoms with van der Waals surface area (Å²) in [7, 11) is 1.79. The van der Waals surface area contributed by atoms with Gasteiger partial charge in [0, 0.05) is 53.9 Å². The third-order valence-corrected chi connectivity index (χ3v) is 4.73. The highest BCUT2D eigenvalue weighted by Gasteiger charge is 2.25. The fourth-order valence-electron chi connectivity index (χ4n) is 2.94. The first-order chi connectivity index (χ1) is 12.3. The van der Waals surface area contributed by atoms with Crippen molar-refractivity contribution in [2.45, 2.75) is 31.9 Å². The van der Waals surface area contributed by atoms with Gasteiger partial charge in [0.25, 0.3) is 0 Å². The Labute approximate surface area is 157 Å². The summed E-state index contributed by atoms with van der Waals surface area (Å²) in [6.07, 6.45) is 6.47. The molecule has 0 aliphatic heterocycles. The molecule has 0 spiro atoms. The number of benzene rings is 1. The normalized spacial score (nSPS) is 13.7. The number of rotatable bonds is 7. The number of aromatic nitrogens is 3. The first-order valence-electron chi connectivity index (χ1n) is 8.58. The van der Waals surface area contributed by atoms with Crippen molar-refractivity contribution in [2.75, 3.05) is 6.54 Å². The lowest BCUT2D eigenvalue weighted by molar-refractivity contribution is -0.122. The molecular weight excluding hydrogens is 352 g/mol. The zero-order valence-electron chi connectivity index (χ0n) is 14.9. The topological polar surface area (TPSA) is 72.1 Å². The van der Waals surface area contributed by atoms with Crippen LogP contribution in [0.15, 0.2) is 42.9 Å². The number of hydrogen-bond donors (Lipinski definition) is 2. The van der Waals surface area contributed by atoms with Crippen molar-refractivity contribution in [3.63, 3.8) is 0 Å². The maximum atomic E-state index is 12.1. The molecule has 2 heterocycles. The minimum atomic E-state index is -1.14. The first kappa shape index (κ1) is 18.5. The van der Waals surface area contributed by atoms with Crippen LogP contribution in [0.25, 0.3) is 10.9 Å². The lowest BCUT2D eigenvalue weighted by Crippen LogP contribution is -2.38. The van der Waals surface area contributed by atoms with Crippen LogP contribution in [-0.4, -0.2) is 31.9 Å². The SMILES string of the molecule is Cn1cc([C@@](C)(O)CNC(=O)CCCn2ccc3cc(Cl)ccc32)cn1. The van der Waals surface area contributed by atoms with E-state index in [0.717, 1.165) is 22.5 Å². The zero-order chi connectivity index (χ0) is 18.7. The quantitative estimate of drug-likeness (QED) is 0.668. The number of aryl methyl sites for hydroxylation is 2. The molecule has 2 aromatic heterocycles. The molecule has 0 saturated heterocycles. The van der Waals surface area contributed by atoms with Gasteiger partial charge in [-0.05, 0) is 37.6 Å². The summed E-state index contributed by atoms with van der Waals surface area (Å²) in [5.41, 5.74) is 0.645. The van der Waals surface area contributed by atoms with E-state index in [1.54, 1.807) is 31.0 Å². The Morgan fingerprint density at radius 3 is 2.92 bits per heavy atom. The van der Waals surface area contributed by atoms with E-state index in [1.165, 1.54) is 0 Å². The van der Waals surface area contributed by atoms with Crippen LogP contribution < -0.4 is 5.32 Å². The van der Waals surface area contributed by atoms with E-state index >= 15 is 0 Å². The van der Waals surface area contributed by atoms with Crippen LogP contribution in [0.4, 0.5) is 0 Å². The van der Waals surface area contributed by atoms with E-state index in [4.69, 9.17) is 11.6 Å². The molecule has 3 aromatic rings. The van der Waals surface area contributed by atoms with Crippen LogP contribution in [0.2, 0.25) is 5.02 Å². The molecule has 0 unspecified atom stereocenters. The van der Waals surface area contributed by atoms with Gasteiger partial charge in [0.2, 0.25) is 5.91 Å². The number of aliphatic hydroxyl groups is 1. The van der Waals surface area contributed by atoms with Gasteiger partial charge in [-0.2, -0.15) is 5.10 Å². The average Bonchev–Trinajstić information content (AvgIpc) is 3.20. The van der Waals surface area contributed by atoms with Crippen molar-refractivity contribution in [2.24, 2.45) is 7.05 Å². The highest BCUT2D eigenvalue weighted by Crippen LogP contribution is 2.21. The van der Waals surface area contributed by atoms with Gasteiger partial charge in [0.05, 0.1) is 12.7 Å². The van der Waals surface area contributed by atoms with Crippen molar-refractivity contribution in [1.29, 1.82) is 0 Å². The number of nitrogens with zero attached hydrogens (tertiary/aromatic N) is 3. The number of nitrogens with one attached hydrogen (secondary N) is 1. The third kappa shape index (κ3) is 4.26. The van der Waals surface area contributed by atoms with Crippen molar-refractivity contribution in [3.8, 4) is 0 Å². The second-order valence-corrected chi connectivity index (χ2v) is 7.21. The molecule has 1 amide bonds. The third-order valence-electron chi connectivity index (χ3n) is 4.49. The standard InChI is InChI=1S/C19H23ClN4O2/c1-19(26,15-11-22-23(2)12-15)13-21-18(25)4-3-8-24-9-7-14-10-16(20)5-6-17(14)24/h5-7,9-12,26H,3-4,8,13H2,1-2H3,(H,21,25)/t19-/m0/s1. The molecule has 1 atom stereocenters. The van der Waals surface area contributed by atoms with Crippen LogP contribution in [0.1, 0.15) is 25.3 Å². The Bertz CT molecular complexity index is 913. The summed E-state index contributed by atoms with van der Waals surface area (Å²) in [6.45, 7) is 2.57. The summed E-state index contributed by atoms with van der Waals surface area (Å²) < 4.78 is 3.74. The number of fused-ring (bicyclic) bond motifs is 1. The van der Waals surface area contributed by atoms with Gasteiger partial charge in [-0.3, -0.25) is 9.48 Å². The lowest BCUT2D eigenvalue weighted by Gasteiger charge is -2.22. The van der Waals surface area contributed by atoms with E-state index in [0.29, 0.717) is 18.4 Å². The molecule has 3 rings (SSSR count). The number of halogens is 1. The van der Waals surface area contributed by atoms with E-state index in [1.807, 2.05) is 30.5 Å². The van der Waals surface area contributed by atoms with E-state index < -0.39 is 5.60 Å². The monoisotopic (exact) mass is 374 g/mol. The van der Waals surface area contributed by atoms with Crippen LogP contribution in [-0.2, 0) is 24.0 Å². The summed E-state index contributed by atoms with van der Waals surface area (Å²) >= 11 is 6.00. The highest BCUT2D eigenvalue weighted by molar-refractivity contribution is 6.31. The number of amides is 1. The predicted octanol–water partition coefficient (Wildman–Crippen LogP) is 2.83. The summed E-state index contributed by atoms with van der Waals surface area (Å²) in [5.74, 6) is -0.0753. The van der Waals surface area contributed by atoms with E-state index in [9.17, 15) is 9.90 Å². The first-order valence-corrected chi connectivity index (χ1v) is 8.95. The Balaban J connectivity index is 1.48. The Hall–Kier alpha value is -2.31. The number of carbonyl (C=O) groups is 1. The van der Waals surface area contributed by atoms with Crippen LogP contribution >= 0.6 is 11.6 Å². The summed E-state index contributed by atoms with van der Waals surface area (Å²) in [6, 6.07) is 7.81. The molecule has 0 saturated carbocycles. The molecule has 0 fully saturated rings. The second kappa shape index (κ2) is 7.51. The van der Waals surface area contributed by atoms with Gasteiger partial charge in [-0.1, -0.05) is 11.6 Å². The highest BCUT2D eigenvalue weighted by atomic mass is 35.5. The van der Waals surface area contributed by atoms with E-state index in [-0.39, 0.29) is 12.5 Å². The molecule has 2 N–H and O–H groups in total. The number of carbonyl (C=O) groups excluding carboxylic acids is 1. The zero-order valence-corrected chi connectivity index (χ0v) is 15.7. The molecule has 6 nitrogen and oxygen atoms in total. The maximum absolute atomic E-state index is 12.1. The summed E-state index contributed by atoms with van der Waals surface area (Å²) in [4.78, 5) is 12.1. The van der Waals surface area contributed by atoms with Crippen LogP contribution in [0.5, 0.6) is 0 Å². The van der Waals surface area contributed by atoms with Crippen LogP contribution in [0.3, 0.4) is 0 Å². The molecule has 26 heavy (non-hydrogen) atoms. The molecular formula is C19H23ClN4O2. The maximum Gasteiger partial charge on any atom is 0.220 e. The Morgan fingerprint density at radius 2 is 2.19 bits per heavy atom. The van der Waals surface area contributed by atoms with Crippen LogP contribution in [0, 0.1) is 0 Å². The Kier molecular flexibility index (Phi) is 5.34. The van der Waals surface area contributed by atoms with Gasteiger partial charge >= 0.3 is 0 Å². The smallest absolute Gasteiger partial charge is 0.220 e. The average molecular weight is 375 g/mol. The van der Waals surface area contributed by atoms with Crippen molar-refractivity contribution >= 4 is 28.4 Å². The largest absolute Gasteiger partial charge is 0.383 e. The Morgan fingerprint density at radius 1 is 1.38 bits per heavy atom. The van der Waals surface area contributed by atoms with Gasteiger partial charge in [0.15, 0.2) is 0 Å². The van der Waals surface area contributed by atoms with Crippen molar-refractivity contribution in [1.82, 2.24) is 19.7 Å². The predicted molar refractivity (Wildman–Crippen MR) is 102 cm³/mol. The molecule has 0 bridgehead atoms. The molecule has 0 aliphatic rings. The molecule has 0 radical (unpaired) electrons. The van der Waals surface area contributed by atoms with Crippen molar-refractivity contribution in [3.05, 3.63) is 53.4 Å². The van der Waals surface area contributed by atoms with Gasteiger partial charge in [-0.25, -0.2) is 0 Å². The minimum Gasteiger partial charge on any atom is -0.383 e. The fourth-order valence-corrected chi connectivity index (χ4v) is 3.12. The van der Waals surface area contributed by atoms with Crippen molar-refractivity contribution < 1.29 is 9.90 Å². The second-order valence-electron chi connectivity index (χ2n) is 6.77.